The first-order chi connectivity index (χ1) is 13.8. The summed E-state index contributed by atoms with van der Waals surface area (Å²) < 4.78 is 33.2. The Morgan fingerprint density at radius 3 is 2.28 bits per heavy atom. The van der Waals surface area contributed by atoms with Gasteiger partial charge in [-0.2, -0.15) is 4.31 Å². The van der Waals surface area contributed by atoms with Crippen LogP contribution >= 0.6 is 0 Å². The maximum atomic E-state index is 13.2. The third-order valence-corrected chi connectivity index (χ3v) is 6.82. The fraction of sp³-hybridized carbons (Fsp3) is 0.409. The molecule has 2 aromatic rings. The number of amides is 1. The molecule has 1 atom stereocenters. The van der Waals surface area contributed by atoms with Crippen LogP contribution in [0.15, 0.2) is 53.4 Å². The van der Waals surface area contributed by atoms with E-state index < -0.39 is 10.0 Å². The number of carbonyl (C=O) groups is 1. The molecule has 7 heteroatoms. The van der Waals surface area contributed by atoms with Gasteiger partial charge < -0.3 is 10.1 Å². The van der Waals surface area contributed by atoms with Crippen molar-refractivity contribution in [2.75, 3.05) is 19.7 Å². The minimum absolute atomic E-state index is 0.0122. The van der Waals surface area contributed by atoms with Crippen LogP contribution in [-0.4, -0.2) is 44.4 Å². The molecule has 0 saturated carbocycles. The maximum Gasteiger partial charge on any atom is 0.243 e. The van der Waals surface area contributed by atoms with Gasteiger partial charge in [-0.1, -0.05) is 47.5 Å². The van der Waals surface area contributed by atoms with Gasteiger partial charge >= 0.3 is 0 Å². The monoisotopic (exact) mass is 416 g/mol. The van der Waals surface area contributed by atoms with Gasteiger partial charge in [-0.3, -0.25) is 4.79 Å². The Morgan fingerprint density at radius 2 is 1.69 bits per heavy atom. The number of hydrogen-bond donors (Lipinski definition) is 1. The SMILES string of the molecule is Cc1ccc(CN(CC(=O)NC[C@@H]2CCCO2)S(=O)(=O)c2ccc(C)cc2)cc1. The van der Waals surface area contributed by atoms with E-state index in [0.29, 0.717) is 13.2 Å². The molecule has 0 radical (unpaired) electrons. The molecule has 1 N–H and O–H groups in total. The largest absolute Gasteiger partial charge is 0.376 e. The molecule has 1 aliphatic heterocycles. The van der Waals surface area contributed by atoms with Gasteiger partial charge in [0.2, 0.25) is 15.9 Å². The van der Waals surface area contributed by atoms with E-state index in [-0.39, 0.29) is 30.0 Å². The molecule has 0 aromatic heterocycles. The third kappa shape index (κ3) is 5.88. The van der Waals surface area contributed by atoms with Crippen molar-refractivity contribution in [3.05, 3.63) is 65.2 Å². The first-order valence-corrected chi connectivity index (χ1v) is 11.3. The zero-order valence-corrected chi connectivity index (χ0v) is 17.7. The fourth-order valence-corrected chi connectivity index (χ4v) is 4.62. The van der Waals surface area contributed by atoms with E-state index in [9.17, 15) is 13.2 Å². The number of sulfonamides is 1. The average molecular weight is 417 g/mol. The summed E-state index contributed by atoms with van der Waals surface area (Å²) in [5.74, 6) is -0.330. The van der Waals surface area contributed by atoms with Crippen molar-refractivity contribution in [3.8, 4) is 0 Å². The average Bonchev–Trinajstić information content (AvgIpc) is 3.21. The number of benzene rings is 2. The summed E-state index contributed by atoms with van der Waals surface area (Å²) in [6.45, 7) is 4.88. The number of ether oxygens (including phenoxy) is 1. The Kier molecular flexibility index (Phi) is 7.05. The van der Waals surface area contributed by atoms with E-state index in [1.165, 1.54) is 4.31 Å². The summed E-state index contributed by atoms with van der Waals surface area (Å²) in [4.78, 5) is 12.7. The highest BCUT2D eigenvalue weighted by molar-refractivity contribution is 7.89. The van der Waals surface area contributed by atoms with Crippen LogP contribution in [0.1, 0.15) is 29.5 Å². The third-order valence-electron chi connectivity index (χ3n) is 5.01. The molecule has 156 valence electrons. The topological polar surface area (TPSA) is 75.7 Å². The summed E-state index contributed by atoms with van der Waals surface area (Å²) in [5, 5.41) is 2.81. The van der Waals surface area contributed by atoms with Gasteiger partial charge in [-0.05, 0) is 44.4 Å². The summed E-state index contributed by atoms with van der Waals surface area (Å²) in [7, 11) is -3.82. The van der Waals surface area contributed by atoms with E-state index in [1.807, 2.05) is 38.1 Å². The molecule has 6 nitrogen and oxygen atoms in total. The summed E-state index contributed by atoms with van der Waals surface area (Å²) in [6, 6.07) is 14.3. The molecule has 0 unspecified atom stereocenters. The van der Waals surface area contributed by atoms with Crippen molar-refractivity contribution in [3.63, 3.8) is 0 Å². The minimum Gasteiger partial charge on any atom is -0.376 e. The lowest BCUT2D eigenvalue weighted by atomic mass is 10.1. The Balaban J connectivity index is 1.77. The molecule has 29 heavy (non-hydrogen) atoms. The van der Waals surface area contributed by atoms with Crippen LogP contribution in [-0.2, 0) is 26.1 Å². The van der Waals surface area contributed by atoms with Crippen LogP contribution in [0.2, 0.25) is 0 Å². The summed E-state index contributed by atoms with van der Waals surface area (Å²) in [6.07, 6.45) is 1.91. The van der Waals surface area contributed by atoms with Crippen LogP contribution in [0.4, 0.5) is 0 Å². The Hall–Kier alpha value is -2.22. The van der Waals surface area contributed by atoms with Crippen LogP contribution in [0, 0.1) is 13.8 Å². The van der Waals surface area contributed by atoms with Crippen molar-refractivity contribution in [2.45, 2.75) is 44.2 Å². The van der Waals surface area contributed by atoms with E-state index in [2.05, 4.69) is 5.32 Å². The molecule has 1 fully saturated rings. The van der Waals surface area contributed by atoms with Gasteiger partial charge in [-0.15, -0.1) is 0 Å². The number of hydrogen-bond acceptors (Lipinski definition) is 4. The fourth-order valence-electron chi connectivity index (χ4n) is 3.23. The first kappa shape index (κ1) is 21.5. The number of carbonyl (C=O) groups excluding carboxylic acids is 1. The van der Waals surface area contributed by atoms with E-state index in [0.717, 1.165) is 29.5 Å². The van der Waals surface area contributed by atoms with Crippen LogP contribution in [0.25, 0.3) is 0 Å². The molecule has 1 aliphatic rings. The predicted molar refractivity (Wildman–Crippen MR) is 112 cm³/mol. The van der Waals surface area contributed by atoms with E-state index in [4.69, 9.17) is 4.74 Å². The molecule has 0 aliphatic carbocycles. The zero-order chi connectivity index (χ0) is 20.9. The molecule has 1 saturated heterocycles. The second-order valence-electron chi connectivity index (χ2n) is 7.51. The van der Waals surface area contributed by atoms with Crippen molar-refractivity contribution in [2.24, 2.45) is 0 Å². The maximum absolute atomic E-state index is 13.2. The van der Waals surface area contributed by atoms with Crippen molar-refractivity contribution in [1.82, 2.24) is 9.62 Å². The highest BCUT2D eigenvalue weighted by atomic mass is 32.2. The Morgan fingerprint density at radius 1 is 1.07 bits per heavy atom. The Bertz CT molecular complexity index is 918. The standard InChI is InChI=1S/C22H28N2O4S/c1-17-5-9-19(10-6-17)15-24(16-22(25)23-14-20-4-3-13-28-20)29(26,27)21-11-7-18(2)8-12-21/h5-12,20H,3-4,13-16H2,1-2H3,(H,23,25)/t20-/m0/s1. The molecule has 1 amide bonds. The molecular weight excluding hydrogens is 388 g/mol. The highest BCUT2D eigenvalue weighted by Crippen LogP contribution is 2.19. The lowest BCUT2D eigenvalue weighted by Crippen LogP contribution is -2.42. The van der Waals surface area contributed by atoms with Crippen molar-refractivity contribution < 1.29 is 17.9 Å². The van der Waals surface area contributed by atoms with Crippen molar-refractivity contribution in [1.29, 1.82) is 0 Å². The van der Waals surface area contributed by atoms with Gasteiger partial charge in [0.1, 0.15) is 0 Å². The molecule has 3 rings (SSSR count). The van der Waals surface area contributed by atoms with Crippen molar-refractivity contribution >= 4 is 15.9 Å². The number of aryl methyl sites for hydroxylation is 2. The van der Waals surface area contributed by atoms with E-state index in [1.54, 1.807) is 24.3 Å². The lowest BCUT2D eigenvalue weighted by Gasteiger charge is -2.22. The van der Waals surface area contributed by atoms with Gasteiger partial charge in [0.25, 0.3) is 0 Å². The smallest absolute Gasteiger partial charge is 0.243 e. The number of rotatable bonds is 8. The highest BCUT2D eigenvalue weighted by Gasteiger charge is 2.27. The molecule has 1 heterocycles. The molecule has 0 spiro atoms. The van der Waals surface area contributed by atoms with Crippen LogP contribution < -0.4 is 5.32 Å². The van der Waals surface area contributed by atoms with Crippen LogP contribution in [0.3, 0.4) is 0 Å². The normalized spacial score (nSPS) is 16.9. The summed E-state index contributed by atoms with van der Waals surface area (Å²) >= 11 is 0. The van der Waals surface area contributed by atoms with Gasteiger partial charge in [0, 0.05) is 19.7 Å². The van der Waals surface area contributed by atoms with E-state index >= 15 is 0 Å². The van der Waals surface area contributed by atoms with Gasteiger partial charge in [0.05, 0.1) is 17.5 Å². The lowest BCUT2D eigenvalue weighted by molar-refractivity contribution is -0.121. The second kappa shape index (κ2) is 9.52. The quantitative estimate of drug-likeness (QED) is 0.718. The number of nitrogens with one attached hydrogen (secondary N) is 1. The Labute approximate surface area is 172 Å². The second-order valence-corrected chi connectivity index (χ2v) is 9.45. The number of nitrogens with zero attached hydrogens (tertiary/aromatic N) is 1. The predicted octanol–water partition coefficient (Wildman–Crippen LogP) is 2.79. The van der Waals surface area contributed by atoms with Gasteiger partial charge in [0.15, 0.2) is 0 Å². The summed E-state index contributed by atoms with van der Waals surface area (Å²) in [5.41, 5.74) is 2.90. The minimum atomic E-state index is -3.82. The first-order valence-electron chi connectivity index (χ1n) is 9.85. The van der Waals surface area contributed by atoms with Gasteiger partial charge in [-0.25, -0.2) is 8.42 Å². The molecule has 0 bridgehead atoms. The molecule has 2 aromatic carbocycles. The zero-order valence-electron chi connectivity index (χ0n) is 16.9. The molecular formula is C22H28N2O4S. The van der Waals surface area contributed by atoms with Crippen LogP contribution in [0.5, 0.6) is 0 Å².